The van der Waals surface area contributed by atoms with Crippen molar-refractivity contribution in [1.82, 2.24) is 19.5 Å². The lowest BCUT2D eigenvalue weighted by Gasteiger charge is -2.37. The molecule has 2 saturated heterocycles. The van der Waals surface area contributed by atoms with Gasteiger partial charge >= 0.3 is 0 Å². The third-order valence-electron chi connectivity index (χ3n) is 6.13. The molecule has 0 saturated carbocycles. The molecule has 2 aromatic heterocycles. The van der Waals surface area contributed by atoms with Gasteiger partial charge in [-0.2, -0.15) is 9.97 Å². The van der Waals surface area contributed by atoms with E-state index in [-0.39, 0.29) is 11.3 Å². The summed E-state index contributed by atoms with van der Waals surface area (Å²) in [6, 6.07) is 10.4. The zero-order chi connectivity index (χ0) is 21.5. The van der Waals surface area contributed by atoms with Crippen LogP contribution in [-0.4, -0.2) is 66.3 Å². The highest BCUT2D eigenvalue weighted by molar-refractivity contribution is 6.28. The minimum absolute atomic E-state index is 0.0633. The maximum Gasteiger partial charge on any atom is 0.226 e. The van der Waals surface area contributed by atoms with Crippen LogP contribution in [0.4, 0.5) is 5.82 Å². The second kappa shape index (κ2) is 8.33. The Morgan fingerprint density at radius 2 is 1.90 bits per heavy atom. The summed E-state index contributed by atoms with van der Waals surface area (Å²) in [4.78, 5) is 15.6. The minimum Gasteiger partial charge on any atom is -0.394 e. The fourth-order valence-corrected chi connectivity index (χ4v) is 4.74. The van der Waals surface area contributed by atoms with Crippen LogP contribution in [0.5, 0.6) is 0 Å². The van der Waals surface area contributed by atoms with Gasteiger partial charge in [0.2, 0.25) is 5.28 Å². The SMILES string of the molecule is OC[C@H]1O[C@@H](n2cnc3c(N4CCCCC4c4ccccc4)nc(Cl)nc32)C(O)C1O. The van der Waals surface area contributed by atoms with E-state index in [1.807, 2.05) is 18.2 Å². The minimum atomic E-state index is -1.24. The zero-order valence-electron chi connectivity index (χ0n) is 16.8. The number of piperidine rings is 1. The normalized spacial score (nSPS) is 29.0. The van der Waals surface area contributed by atoms with E-state index in [2.05, 4.69) is 32.0 Å². The van der Waals surface area contributed by atoms with Crippen LogP contribution in [0.1, 0.15) is 37.1 Å². The molecule has 2 aliphatic rings. The molecule has 31 heavy (non-hydrogen) atoms. The van der Waals surface area contributed by atoms with Gasteiger partial charge in [0.05, 0.1) is 19.0 Å². The van der Waals surface area contributed by atoms with Crippen LogP contribution in [0.2, 0.25) is 5.28 Å². The summed E-state index contributed by atoms with van der Waals surface area (Å²) in [6.45, 7) is 0.400. The Balaban J connectivity index is 1.58. The quantitative estimate of drug-likeness (QED) is 0.521. The second-order valence-corrected chi connectivity index (χ2v) is 8.32. The molecule has 3 aromatic rings. The number of imidazole rings is 1. The number of anilines is 1. The lowest BCUT2D eigenvalue weighted by atomic mass is 9.95. The topological polar surface area (TPSA) is 117 Å². The van der Waals surface area contributed by atoms with Gasteiger partial charge in [-0.1, -0.05) is 30.3 Å². The van der Waals surface area contributed by atoms with E-state index >= 15 is 0 Å². The highest BCUT2D eigenvalue weighted by Gasteiger charge is 2.44. The zero-order valence-corrected chi connectivity index (χ0v) is 17.5. The first kappa shape index (κ1) is 20.6. The molecule has 5 atom stereocenters. The molecule has 0 bridgehead atoms. The van der Waals surface area contributed by atoms with Gasteiger partial charge in [0.15, 0.2) is 23.2 Å². The van der Waals surface area contributed by atoms with Crippen LogP contribution >= 0.6 is 11.6 Å². The van der Waals surface area contributed by atoms with Crippen molar-refractivity contribution in [3.8, 4) is 0 Å². The number of fused-ring (bicyclic) bond motifs is 1. The molecule has 3 N–H and O–H groups in total. The smallest absolute Gasteiger partial charge is 0.226 e. The number of benzene rings is 1. The number of nitrogens with zero attached hydrogens (tertiary/aromatic N) is 5. The number of halogens is 1. The number of hydrogen-bond donors (Lipinski definition) is 3. The molecule has 1 aromatic carbocycles. The molecule has 4 heterocycles. The molecule has 0 spiro atoms. The Hall–Kier alpha value is -2.30. The molecular weight excluding hydrogens is 422 g/mol. The summed E-state index contributed by atoms with van der Waals surface area (Å²) in [5, 5.41) is 30.1. The molecule has 0 amide bonds. The number of rotatable bonds is 4. The van der Waals surface area contributed by atoms with Crippen LogP contribution in [0.15, 0.2) is 36.7 Å². The lowest BCUT2D eigenvalue weighted by molar-refractivity contribution is -0.0511. The van der Waals surface area contributed by atoms with Gasteiger partial charge in [-0.05, 0) is 36.4 Å². The number of ether oxygens (including phenoxy) is 1. The van der Waals surface area contributed by atoms with Crippen molar-refractivity contribution in [2.75, 3.05) is 18.1 Å². The Morgan fingerprint density at radius 1 is 1.10 bits per heavy atom. The van der Waals surface area contributed by atoms with E-state index < -0.39 is 31.1 Å². The summed E-state index contributed by atoms with van der Waals surface area (Å²) in [5.74, 6) is 0.633. The van der Waals surface area contributed by atoms with Gasteiger partial charge < -0.3 is 25.0 Å². The molecule has 0 aliphatic carbocycles. The van der Waals surface area contributed by atoms with Gasteiger partial charge in [-0.3, -0.25) is 4.57 Å². The fourth-order valence-electron chi connectivity index (χ4n) is 4.58. The van der Waals surface area contributed by atoms with Gasteiger partial charge in [-0.25, -0.2) is 4.98 Å². The highest BCUT2D eigenvalue weighted by Crippen LogP contribution is 2.38. The standard InChI is InChI=1S/C21H24ClN5O4/c22-21-24-18(26-9-5-4-8-13(26)12-6-2-1-3-7-12)15-19(25-21)27(11-23-15)20-17(30)16(29)14(10-28)31-20/h1-3,6-7,11,13-14,16-17,20,28-30H,4-5,8-10H2/t13?,14-,16?,17?,20-/m1/s1. The first-order chi connectivity index (χ1) is 15.1. The third-order valence-corrected chi connectivity index (χ3v) is 6.30. The number of hydrogen-bond acceptors (Lipinski definition) is 8. The Bertz CT molecular complexity index is 1060. The van der Waals surface area contributed by atoms with Crippen LogP contribution in [0, 0.1) is 0 Å². The molecule has 164 valence electrons. The maximum absolute atomic E-state index is 10.4. The van der Waals surface area contributed by atoms with E-state index in [0.717, 1.165) is 25.8 Å². The van der Waals surface area contributed by atoms with E-state index in [9.17, 15) is 15.3 Å². The fraction of sp³-hybridized carbons (Fsp3) is 0.476. The van der Waals surface area contributed by atoms with E-state index in [1.165, 1.54) is 16.5 Å². The third kappa shape index (κ3) is 3.56. The predicted octanol–water partition coefficient (Wildman–Crippen LogP) is 1.82. The van der Waals surface area contributed by atoms with Crippen molar-refractivity contribution in [3.05, 3.63) is 47.5 Å². The summed E-state index contributed by atoms with van der Waals surface area (Å²) >= 11 is 6.31. The number of aromatic nitrogens is 4. The first-order valence-corrected chi connectivity index (χ1v) is 10.8. The summed E-state index contributed by atoms with van der Waals surface area (Å²) in [7, 11) is 0. The molecule has 3 unspecified atom stereocenters. The first-order valence-electron chi connectivity index (χ1n) is 10.4. The van der Waals surface area contributed by atoms with Crippen molar-refractivity contribution in [2.45, 2.75) is 49.8 Å². The van der Waals surface area contributed by atoms with Crippen molar-refractivity contribution in [1.29, 1.82) is 0 Å². The molecule has 10 heteroatoms. The van der Waals surface area contributed by atoms with Crippen LogP contribution in [-0.2, 0) is 4.74 Å². The van der Waals surface area contributed by atoms with E-state index in [4.69, 9.17) is 16.3 Å². The monoisotopic (exact) mass is 445 g/mol. The highest BCUT2D eigenvalue weighted by atomic mass is 35.5. The molecular formula is C21H24ClN5O4. The molecule has 5 rings (SSSR count). The van der Waals surface area contributed by atoms with Crippen LogP contribution < -0.4 is 4.90 Å². The average Bonchev–Trinajstić information content (AvgIpc) is 3.34. The van der Waals surface area contributed by atoms with Crippen molar-refractivity contribution in [3.63, 3.8) is 0 Å². The molecule has 2 fully saturated rings. The van der Waals surface area contributed by atoms with E-state index in [0.29, 0.717) is 17.0 Å². The lowest BCUT2D eigenvalue weighted by Crippen LogP contribution is -2.34. The Morgan fingerprint density at radius 3 is 2.65 bits per heavy atom. The average molecular weight is 446 g/mol. The maximum atomic E-state index is 10.4. The van der Waals surface area contributed by atoms with Crippen molar-refractivity contribution in [2.24, 2.45) is 0 Å². The molecule has 0 radical (unpaired) electrons. The van der Waals surface area contributed by atoms with Gasteiger partial charge in [0.1, 0.15) is 18.3 Å². The molecule has 2 aliphatic heterocycles. The van der Waals surface area contributed by atoms with Crippen LogP contribution in [0.25, 0.3) is 11.2 Å². The Kier molecular flexibility index (Phi) is 5.53. The van der Waals surface area contributed by atoms with E-state index in [1.54, 1.807) is 0 Å². The van der Waals surface area contributed by atoms with Crippen molar-refractivity contribution >= 4 is 28.6 Å². The summed E-state index contributed by atoms with van der Waals surface area (Å²) in [6.07, 6.45) is 0.356. The van der Waals surface area contributed by atoms with Gasteiger partial charge in [0.25, 0.3) is 0 Å². The molecule has 9 nitrogen and oxygen atoms in total. The second-order valence-electron chi connectivity index (χ2n) is 7.98. The largest absolute Gasteiger partial charge is 0.394 e. The van der Waals surface area contributed by atoms with Gasteiger partial charge in [0, 0.05) is 6.54 Å². The van der Waals surface area contributed by atoms with Crippen LogP contribution in [0.3, 0.4) is 0 Å². The Labute approximate surface area is 183 Å². The van der Waals surface area contributed by atoms with Gasteiger partial charge in [-0.15, -0.1) is 0 Å². The number of aliphatic hydroxyl groups excluding tert-OH is 3. The number of aliphatic hydroxyl groups is 3. The predicted molar refractivity (Wildman–Crippen MR) is 114 cm³/mol. The summed E-state index contributed by atoms with van der Waals surface area (Å²) < 4.78 is 7.20. The van der Waals surface area contributed by atoms with Crippen molar-refractivity contribution < 1.29 is 20.1 Å². The summed E-state index contributed by atoms with van der Waals surface area (Å²) in [5.41, 5.74) is 2.15.